The lowest BCUT2D eigenvalue weighted by Crippen LogP contribution is -2.47. The number of methoxy groups -OCH3 is 1. The summed E-state index contributed by atoms with van der Waals surface area (Å²) in [4.78, 5) is 15.0. The lowest BCUT2D eigenvalue weighted by Gasteiger charge is -2.37. The molecule has 0 saturated heterocycles. The monoisotopic (exact) mass is 275 g/mol. The van der Waals surface area contributed by atoms with E-state index >= 15 is 0 Å². The Kier molecular flexibility index (Phi) is 2.76. The predicted molar refractivity (Wildman–Crippen MR) is 75.5 cm³/mol. The van der Waals surface area contributed by atoms with Crippen LogP contribution in [0.4, 0.5) is 0 Å². The molecule has 1 atom stereocenters. The number of benzene rings is 1. The molecule has 0 unspecified atom stereocenters. The Hall–Kier alpha value is -2.01. The van der Waals surface area contributed by atoms with Crippen LogP contribution >= 0.6 is 0 Å². The minimum atomic E-state index is -0.725. The number of nitrogens with one attached hydrogen (secondary N) is 1. The fraction of sp³-hybridized carbons (Fsp3) is 0.400. The highest BCUT2D eigenvalue weighted by Crippen LogP contribution is 2.38. The van der Waals surface area contributed by atoms with E-state index in [-0.39, 0.29) is 12.0 Å². The van der Waals surface area contributed by atoms with Gasteiger partial charge in [0.25, 0.3) is 5.56 Å². The molecule has 3 rings (SSSR count). The molecule has 0 radical (unpaired) electrons. The molecule has 2 aromatic rings. The minimum absolute atomic E-state index is 0.244. The Bertz CT molecular complexity index is 732. The van der Waals surface area contributed by atoms with Gasteiger partial charge in [-0.05, 0) is 26.0 Å². The number of fused-ring (bicyclic) bond motifs is 3. The maximum Gasteiger partial charge on any atom is 0.255 e. The summed E-state index contributed by atoms with van der Waals surface area (Å²) in [5.41, 5.74) is 0.131. The van der Waals surface area contributed by atoms with Gasteiger partial charge >= 0.3 is 0 Å². The number of rotatable bonds is 1. The molecule has 0 fully saturated rings. The van der Waals surface area contributed by atoms with Crippen LogP contribution in [0.25, 0.3) is 10.9 Å². The molecule has 2 N–H and O–H groups in total. The zero-order valence-electron chi connectivity index (χ0n) is 11.7. The molecule has 0 aliphatic carbocycles. The first-order chi connectivity index (χ1) is 9.44. The summed E-state index contributed by atoms with van der Waals surface area (Å²) in [6.07, 6.45) is -0.427. The number of pyridine rings is 1. The van der Waals surface area contributed by atoms with Gasteiger partial charge in [-0.25, -0.2) is 0 Å². The first-order valence-corrected chi connectivity index (χ1v) is 6.53. The van der Waals surface area contributed by atoms with Crippen LogP contribution in [0.1, 0.15) is 19.4 Å². The van der Waals surface area contributed by atoms with Crippen molar-refractivity contribution in [1.82, 2.24) is 4.98 Å². The second kappa shape index (κ2) is 4.24. The van der Waals surface area contributed by atoms with Gasteiger partial charge in [0, 0.05) is 11.8 Å². The first-order valence-electron chi connectivity index (χ1n) is 6.53. The minimum Gasteiger partial charge on any atom is -0.495 e. The van der Waals surface area contributed by atoms with Crippen molar-refractivity contribution in [2.75, 3.05) is 7.11 Å². The fourth-order valence-electron chi connectivity index (χ4n) is 2.55. The highest BCUT2D eigenvalue weighted by molar-refractivity contribution is 5.90. The van der Waals surface area contributed by atoms with Gasteiger partial charge in [-0.2, -0.15) is 0 Å². The zero-order chi connectivity index (χ0) is 14.5. The Morgan fingerprint density at radius 2 is 2.20 bits per heavy atom. The molecule has 0 saturated carbocycles. The molecule has 20 heavy (non-hydrogen) atoms. The van der Waals surface area contributed by atoms with E-state index in [9.17, 15) is 9.90 Å². The Balaban J connectivity index is 2.35. The lowest BCUT2D eigenvalue weighted by molar-refractivity contribution is -0.0404. The second-order valence-corrected chi connectivity index (χ2v) is 5.57. The third-order valence-corrected chi connectivity index (χ3v) is 3.84. The Labute approximate surface area is 116 Å². The molecule has 2 heterocycles. The van der Waals surface area contributed by atoms with Crippen LogP contribution in [0.15, 0.2) is 23.0 Å². The van der Waals surface area contributed by atoms with E-state index in [0.717, 1.165) is 5.39 Å². The van der Waals surface area contributed by atoms with Crippen LogP contribution in [0.2, 0.25) is 0 Å². The van der Waals surface area contributed by atoms with Crippen LogP contribution in [0.3, 0.4) is 0 Å². The van der Waals surface area contributed by atoms with E-state index in [0.29, 0.717) is 22.6 Å². The summed E-state index contributed by atoms with van der Waals surface area (Å²) in [7, 11) is 1.56. The van der Waals surface area contributed by atoms with Crippen LogP contribution in [0, 0.1) is 0 Å². The Morgan fingerprint density at radius 1 is 1.45 bits per heavy atom. The summed E-state index contributed by atoms with van der Waals surface area (Å²) >= 11 is 0. The summed E-state index contributed by atoms with van der Waals surface area (Å²) in [6.45, 7) is 3.63. The van der Waals surface area contributed by atoms with E-state index in [2.05, 4.69) is 4.98 Å². The van der Waals surface area contributed by atoms with Gasteiger partial charge in [0.05, 0.1) is 24.3 Å². The van der Waals surface area contributed by atoms with Gasteiger partial charge in [-0.3, -0.25) is 4.79 Å². The smallest absolute Gasteiger partial charge is 0.255 e. The van der Waals surface area contributed by atoms with Crippen LogP contribution in [-0.2, 0) is 6.42 Å². The maximum absolute atomic E-state index is 12.2. The Morgan fingerprint density at radius 3 is 2.90 bits per heavy atom. The van der Waals surface area contributed by atoms with Crippen molar-refractivity contribution in [2.45, 2.75) is 32.0 Å². The number of aliphatic hydroxyl groups is 1. The van der Waals surface area contributed by atoms with Crippen molar-refractivity contribution in [3.8, 4) is 11.5 Å². The zero-order valence-corrected chi connectivity index (χ0v) is 11.7. The van der Waals surface area contributed by atoms with Crippen molar-refractivity contribution < 1.29 is 14.6 Å². The maximum atomic E-state index is 12.2. The van der Waals surface area contributed by atoms with Crippen LogP contribution < -0.4 is 15.0 Å². The van der Waals surface area contributed by atoms with Gasteiger partial charge in [0.15, 0.2) is 0 Å². The fourth-order valence-corrected chi connectivity index (χ4v) is 2.55. The molecule has 1 aromatic heterocycles. The van der Waals surface area contributed by atoms with Crippen molar-refractivity contribution in [2.24, 2.45) is 0 Å². The van der Waals surface area contributed by atoms with Crippen molar-refractivity contribution in [3.63, 3.8) is 0 Å². The second-order valence-electron chi connectivity index (χ2n) is 5.57. The summed E-state index contributed by atoms with van der Waals surface area (Å²) < 4.78 is 11.2. The molecule has 1 aromatic carbocycles. The SMILES string of the molecule is COc1cccc2c3c(c(=O)[nH]c12)C[C@@H](O)C(C)(C)O3. The normalized spacial score (nSPS) is 20.3. The van der Waals surface area contributed by atoms with Gasteiger partial charge in [-0.1, -0.05) is 6.07 Å². The third-order valence-electron chi connectivity index (χ3n) is 3.84. The predicted octanol–water partition coefficient (Wildman–Crippen LogP) is 1.61. The number of aromatic nitrogens is 1. The van der Waals surface area contributed by atoms with Crippen LogP contribution in [-0.4, -0.2) is 28.9 Å². The van der Waals surface area contributed by atoms with Crippen molar-refractivity contribution in [3.05, 3.63) is 34.1 Å². The molecule has 1 aliphatic rings. The van der Waals surface area contributed by atoms with Crippen molar-refractivity contribution in [1.29, 1.82) is 0 Å². The van der Waals surface area contributed by atoms with E-state index in [1.54, 1.807) is 13.2 Å². The molecule has 5 nitrogen and oxygen atoms in total. The molecule has 5 heteroatoms. The number of aromatic amines is 1. The summed E-state index contributed by atoms with van der Waals surface area (Å²) in [5.74, 6) is 1.13. The molecule has 0 amide bonds. The molecule has 0 bridgehead atoms. The van der Waals surface area contributed by atoms with Crippen molar-refractivity contribution >= 4 is 10.9 Å². The van der Waals surface area contributed by atoms with E-state index in [1.165, 1.54) is 0 Å². The van der Waals surface area contributed by atoms with E-state index in [4.69, 9.17) is 9.47 Å². The van der Waals surface area contributed by atoms with Gasteiger partial charge < -0.3 is 19.6 Å². The first kappa shape index (κ1) is 13.0. The quantitative estimate of drug-likeness (QED) is 0.829. The summed E-state index contributed by atoms with van der Waals surface area (Å²) in [5, 5.41) is 10.9. The number of H-pyrrole nitrogens is 1. The van der Waals surface area contributed by atoms with Gasteiger partial charge in [0.2, 0.25) is 0 Å². The van der Waals surface area contributed by atoms with E-state index in [1.807, 2.05) is 26.0 Å². The third kappa shape index (κ3) is 1.78. The molecular weight excluding hydrogens is 258 g/mol. The highest BCUT2D eigenvalue weighted by atomic mass is 16.5. The number of ether oxygens (including phenoxy) is 2. The van der Waals surface area contributed by atoms with Gasteiger partial charge in [0.1, 0.15) is 17.1 Å². The van der Waals surface area contributed by atoms with Gasteiger partial charge in [-0.15, -0.1) is 0 Å². The lowest BCUT2D eigenvalue weighted by atomic mass is 9.91. The standard InChI is InChI=1S/C15H17NO4/c1-15(2)11(17)7-9-13(20-15)8-5-4-6-10(19-3)12(8)16-14(9)18/h4-6,11,17H,7H2,1-3H3,(H,16,18)/t11-/m1/s1. The average molecular weight is 275 g/mol. The highest BCUT2D eigenvalue weighted by Gasteiger charge is 2.38. The van der Waals surface area contributed by atoms with E-state index < -0.39 is 11.7 Å². The number of hydrogen-bond acceptors (Lipinski definition) is 4. The summed E-state index contributed by atoms with van der Waals surface area (Å²) in [6, 6.07) is 5.51. The number of aliphatic hydroxyl groups excluding tert-OH is 1. The molecule has 106 valence electrons. The molecule has 0 spiro atoms. The van der Waals surface area contributed by atoms with Crippen LogP contribution in [0.5, 0.6) is 11.5 Å². The number of para-hydroxylation sites is 1. The average Bonchev–Trinajstić information content (AvgIpc) is 2.40. The largest absolute Gasteiger partial charge is 0.495 e. The molecule has 1 aliphatic heterocycles. The molecular formula is C15H17NO4. The topological polar surface area (TPSA) is 71.6 Å². The number of hydrogen-bond donors (Lipinski definition) is 2.